The van der Waals surface area contributed by atoms with E-state index in [2.05, 4.69) is 26.1 Å². The number of nitrogens with zero attached hydrogens (tertiary/aromatic N) is 2. The van der Waals surface area contributed by atoms with Gasteiger partial charge in [-0.15, -0.1) is 0 Å². The molecule has 1 aromatic heterocycles. The van der Waals surface area contributed by atoms with Crippen LogP contribution in [0.15, 0.2) is 30.3 Å². The lowest BCUT2D eigenvalue weighted by Crippen LogP contribution is -2.14. The molecule has 7 heteroatoms. The SMILES string of the molecule is Cc1ccc(Nc2nc(NN)cc(NN)n2)cc1. The van der Waals surface area contributed by atoms with Crippen LogP contribution in [0.3, 0.4) is 0 Å². The second-order valence-electron chi connectivity index (χ2n) is 3.74. The molecule has 0 saturated heterocycles. The Labute approximate surface area is 105 Å². The average Bonchev–Trinajstić information content (AvgIpc) is 2.41. The van der Waals surface area contributed by atoms with E-state index in [1.54, 1.807) is 6.07 Å². The number of hydrogen-bond acceptors (Lipinski definition) is 7. The van der Waals surface area contributed by atoms with Crippen molar-refractivity contribution in [2.75, 3.05) is 16.2 Å². The maximum atomic E-state index is 5.32. The molecule has 2 rings (SSSR count). The van der Waals surface area contributed by atoms with Gasteiger partial charge in [-0.3, -0.25) is 0 Å². The third kappa shape index (κ3) is 2.84. The summed E-state index contributed by atoms with van der Waals surface area (Å²) in [6, 6.07) is 9.47. The first-order chi connectivity index (χ1) is 8.71. The normalized spacial score (nSPS) is 9.94. The molecule has 0 amide bonds. The quantitative estimate of drug-likeness (QED) is 0.405. The maximum absolute atomic E-state index is 5.32. The zero-order chi connectivity index (χ0) is 13.0. The number of nitrogens with two attached hydrogens (primary N) is 2. The number of aromatic nitrogens is 2. The molecular formula is C11H15N7. The third-order valence-electron chi connectivity index (χ3n) is 2.33. The summed E-state index contributed by atoms with van der Waals surface area (Å²) in [5.74, 6) is 12.0. The highest BCUT2D eigenvalue weighted by Crippen LogP contribution is 2.17. The first-order valence-corrected chi connectivity index (χ1v) is 5.37. The lowest BCUT2D eigenvalue weighted by Gasteiger charge is -2.09. The van der Waals surface area contributed by atoms with Gasteiger partial charge in [0.1, 0.15) is 11.6 Å². The number of aryl methyl sites for hydroxylation is 1. The maximum Gasteiger partial charge on any atom is 0.231 e. The van der Waals surface area contributed by atoms with Crippen molar-refractivity contribution in [1.29, 1.82) is 0 Å². The third-order valence-corrected chi connectivity index (χ3v) is 2.33. The molecule has 1 aromatic carbocycles. The first kappa shape index (κ1) is 12.1. The van der Waals surface area contributed by atoms with Crippen molar-refractivity contribution in [1.82, 2.24) is 9.97 Å². The molecule has 1 heterocycles. The molecular weight excluding hydrogens is 230 g/mol. The van der Waals surface area contributed by atoms with E-state index >= 15 is 0 Å². The fourth-order valence-corrected chi connectivity index (χ4v) is 1.42. The van der Waals surface area contributed by atoms with Gasteiger partial charge in [-0.1, -0.05) is 17.7 Å². The van der Waals surface area contributed by atoms with Gasteiger partial charge in [-0.05, 0) is 19.1 Å². The predicted molar refractivity (Wildman–Crippen MR) is 72.1 cm³/mol. The molecule has 0 unspecified atom stereocenters. The molecule has 0 spiro atoms. The highest BCUT2D eigenvalue weighted by molar-refractivity contribution is 5.58. The van der Waals surface area contributed by atoms with E-state index in [1.165, 1.54) is 5.56 Å². The molecule has 0 aliphatic heterocycles. The van der Waals surface area contributed by atoms with Gasteiger partial charge >= 0.3 is 0 Å². The van der Waals surface area contributed by atoms with E-state index < -0.39 is 0 Å². The van der Waals surface area contributed by atoms with Crippen LogP contribution in [0.25, 0.3) is 0 Å². The van der Waals surface area contributed by atoms with Crippen molar-refractivity contribution >= 4 is 23.3 Å². The minimum atomic E-state index is 0.405. The highest BCUT2D eigenvalue weighted by atomic mass is 15.3. The van der Waals surface area contributed by atoms with Crippen LogP contribution in [0.1, 0.15) is 5.56 Å². The number of rotatable bonds is 4. The Balaban J connectivity index is 2.25. The minimum absolute atomic E-state index is 0.405. The molecule has 0 bridgehead atoms. The molecule has 0 aliphatic carbocycles. The van der Waals surface area contributed by atoms with E-state index in [4.69, 9.17) is 11.7 Å². The monoisotopic (exact) mass is 245 g/mol. The average molecular weight is 245 g/mol. The summed E-state index contributed by atoms with van der Waals surface area (Å²) in [5, 5.41) is 3.07. The lowest BCUT2D eigenvalue weighted by molar-refractivity contribution is 1.12. The van der Waals surface area contributed by atoms with E-state index in [9.17, 15) is 0 Å². The second kappa shape index (κ2) is 5.30. The van der Waals surface area contributed by atoms with Crippen LogP contribution in [0, 0.1) is 6.92 Å². The fourth-order valence-electron chi connectivity index (χ4n) is 1.42. The largest absolute Gasteiger partial charge is 0.324 e. The zero-order valence-corrected chi connectivity index (χ0v) is 9.94. The van der Waals surface area contributed by atoms with Crippen LogP contribution in [0.4, 0.5) is 23.3 Å². The first-order valence-electron chi connectivity index (χ1n) is 5.37. The molecule has 7 nitrogen and oxygen atoms in total. The van der Waals surface area contributed by atoms with Crippen molar-refractivity contribution < 1.29 is 0 Å². The van der Waals surface area contributed by atoms with Gasteiger partial charge in [0.25, 0.3) is 0 Å². The highest BCUT2D eigenvalue weighted by Gasteiger charge is 2.03. The van der Waals surface area contributed by atoms with Crippen molar-refractivity contribution in [2.45, 2.75) is 6.92 Å². The molecule has 0 atom stereocenters. The number of hydrazine groups is 2. The Bertz CT molecular complexity index is 501. The van der Waals surface area contributed by atoms with Gasteiger partial charge in [-0.25, -0.2) is 11.7 Å². The molecule has 2 aromatic rings. The Morgan fingerprint density at radius 1 is 0.944 bits per heavy atom. The molecule has 0 aliphatic rings. The summed E-state index contributed by atoms with van der Waals surface area (Å²) in [5.41, 5.74) is 6.97. The number of hydrogen-bond donors (Lipinski definition) is 5. The Hall–Kier alpha value is -2.38. The zero-order valence-electron chi connectivity index (χ0n) is 9.94. The van der Waals surface area contributed by atoms with E-state index in [0.29, 0.717) is 17.6 Å². The number of anilines is 4. The van der Waals surface area contributed by atoms with Crippen LogP contribution in [0.5, 0.6) is 0 Å². The predicted octanol–water partition coefficient (Wildman–Crippen LogP) is 1.10. The van der Waals surface area contributed by atoms with Crippen LogP contribution < -0.4 is 27.9 Å². The summed E-state index contributed by atoms with van der Waals surface area (Å²) < 4.78 is 0. The molecule has 94 valence electrons. The lowest BCUT2D eigenvalue weighted by atomic mass is 10.2. The van der Waals surface area contributed by atoms with Gasteiger partial charge < -0.3 is 16.2 Å². The summed E-state index contributed by atoms with van der Waals surface area (Å²) in [7, 11) is 0. The van der Waals surface area contributed by atoms with Crippen LogP contribution in [-0.2, 0) is 0 Å². The number of benzene rings is 1. The van der Waals surface area contributed by atoms with Crippen LogP contribution >= 0.6 is 0 Å². The van der Waals surface area contributed by atoms with E-state index in [-0.39, 0.29) is 0 Å². The number of nitrogens with one attached hydrogen (secondary N) is 3. The van der Waals surface area contributed by atoms with Crippen molar-refractivity contribution in [3.8, 4) is 0 Å². The van der Waals surface area contributed by atoms with E-state index in [0.717, 1.165) is 5.69 Å². The van der Waals surface area contributed by atoms with Gasteiger partial charge in [0.15, 0.2) is 0 Å². The molecule has 18 heavy (non-hydrogen) atoms. The minimum Gasteiger partial charge on any atom is -0.324 e. The van der Waals surface area contributed by atoms with Gasteiger partial charge in [0.2, 0.25) is 5.95 Å². The van der Waals surface area contributed by atoms with Crippen molar-refractivity contribution in [2.24, 2.45) is 11.7 Å². The Kier molecular flexibility index (Phi) is 3.56. The molecule has 0 radical (unpaired) electrons. The summed E-state index contributed by atoms with van der Waals surface area (Å²) >= 11 is 0. The standard InChI is InChI=1S/C11H15N7/c1-7-2-4-8(5-3-7)14-11-15-9(17-12)6-10(16-11)18-13/h2-6H,12-13H2,1H3,(H3,14,15,16,17,18). The van der Waals surface area contributed by atoms with E-state index in [1.807, 2.05) is 31.2 Å². The smallest absolute Gasteiger partial charge is 0.231 e. The summed E-state index contributed by atoms with van der Waals surface area (Å²) in [4.78, 5) is 8.33. The van der Waals surface area contributed by atoms with Crippen molar-refractivity contribution in [3.05, 3.63) is 35.9 Å². The van der Waals surface area contributed by atoms with Gasteiger partial charge in [0, 0.05) is 11.8 Å². The fraction of sp³-hybridized carbons (Fsp3) is 0.0909. The Morgan fingerprint density at radius 3 is 2.00 bits per heavy atom. The Morgan fingerprint density at radius 2 is 1.50 bits per heavy atom. The number of nitrogen functional groups attached to an aromatic ring is 2. The summed E-state index contributed by atoms with van der Waals surface area (Å²) in [6.45, 7) is 2.02. The molecule has 7 N–H and O–H groups in total. The second-order valence-corrected chi connectivity index (χ2v) is 3.74. The summed E-state index contributed by atoms with van der Waals surface area (Å²) in [6.07, 6.45) is 0. The van der Waals surface area contributed by atoms with Crippen LogP contribution in [0.2, 0.25) is 0 Å². The molecule has 0 saturated carbocycles. The van der Waals surface area contributed by atoms with Gasteiger partial charge in [-0.2, -0.15) is 9.97 Å². The van der Waals surface area contributed by atoms with Gasteiger partial charge in [0.05, 0.1) is 0 Å². The van der Waals surface area contributed by atoms with Crippen molar-refractivity contribution in [3.63, 3.8) is 0 Å². The molecule has 0 fully saturated rings. The van der Waals surface area contributed by atoms with Crippen LogP contribution in [-0.4, -0.2) is 9.97 Å². The topological polar surface area (TPSA) is 114 Å².